The molecule has 0 aromatic carbocycles. The van der Waals surface area contributed by atoms with E-state index in [2.05, 4.69) is 0 Å². The number of hydrogen-bond acceptors (Lipinski definition) is 0. The van der Waals surface area contributed by atoms with Crippen molar-refractivity contribution < 1.29 is 8.78 Å². The van der Waals surface area contributed by atoms with Crippen molar-refractivity contribution in [2.24, 2.45) is 0 Å². The molecule has 0 aliphatic carbocycles. The van der Waals surface area contributed by atoms with Crippen molar-refractivity contribution in [2.75, 3.05) is 12.5 Å². The van der Waals surface area contributed by atoms with Crippen molar-refractivity contribution in [3.8, 4) is 0 Å². The van der Waals surface area contributed by atoms with Crippen molar-refractivity contribution in [2.45, 2.75) is 12.2 Å². The zero-order chi connectivity index (χ0) is 6.08. The van der Waals surface area contributed by atoms with Gasteiger partial charge in [-0.25, -0.2) is 0 Å². The van der Waals surface area contributed by atoms with Crippen LogP contribution in [0.1, 0.15) is 6.92 Å². The smallest absolute Gasteiger partial charge is 0.197 e. The van der Waals surface area contributed by atoms with Crippen LogP contribution in [0.25, 0.3) is 0 Å². The molecule has 0 rings (SSSR count). The third-order valence-corrected chi connectivity index (χ3v) is 2.36. The summed E-state index contributed by atoms with van der Waals surface area (Å²) in [6.07, 6.45) is 3.13. The molecule has 0 atom stereocenters. The fourth-order valence-electron chi connectivity index (χ4n) is 0. The van der Waals surface area contributed by atoms with Crippen LogP contribution in [-0.4, -0.2) is 17.8 Å². The first-order valence-electron chi connectivity index (χ1n) is 2.00. The average molecular weight is 128 g/mol. The largest absolute Gasteiger partial charge is 0.273 e. The Kier molecular flexibility index (Phi) is 2.05. The van der Waals surface area contributed by atoms with E-state index >= 15 is 0 Å². The Labute approximate surface area is 45.3 Å². The molecule has 0 heterocycles. The number of alkyl halides is 2. The Bertz CT molecular complexity index is 55.2. The van der Waals surface area contributed by atoms with Gasteiger partial charge in [-0.3, -0.25) is 0 Å². The summed E-state index contributed by atoms with van der Waals surface area (Å²) in [6.45, 7) is 0.957. The number of thiol groups is 1. The molecule has 0 nitrogen and oxygen atoms in total. The van der Waals surface area contributed by atoms with Crippen LogP contribution < -0.4 is 0 Å². The van der Waals surface area contributed by atoms with Gasteiger partial charge in [0, 0.05) is 6.92 Å². The number of hydrogen-bond donors (Lipinski definition) is 1. The molecular formula is C4H10F2S. The molecule has 0 saturated carbocycles. The standard InChI is InChI=1S/C4H10F2S/c1-4(5,6)7(2)3/h7H,1-3H3. The molecular weight excluding hydrogens is 118 g/mol. The average Bonchev–Trinajstić information content (AvgIpc) is 1.31. The first kappa shape index (κ1) is 7.21. The Morgan fingerprint density at radius 2 is 1.43 bits per heavy atom. The van der Waals surface area contributed by atoms with Gasteiger partial charge in [-0.15, -0.1) is 0 Å². The molecule has 0 radical (unpaired) electrons. The minimum absolute atomic E-state index is 0.957. The highest BCUT2D eigenvalue weighted by molar-refractivity contribution is 8.16. The topological polar surface area (TPSA) is 0 Å². The van der Waals surface area contributed by atoms with E-state index in [0.717, 1.165) is 6.92 Å². The summed E-state index contributed by atoms with van der Waals surface area (Å²) in [5.41, 5.74) is 0. The molecule has 0 saturated heterocycles. The van der Waals surface area contributed by atoms with Gasteiger partial charge < -0.3 is 0 Å². The molecule has 0 aromatic rings. The summed E-state index contributed by atoms with van der Waals surface area (Å²) in [5, 5.41) is -2.44. The predicted octanol–water partition coefficient (Wildman–Crippen LogP) is 1.86. The first-order chi connectivity index (χ1) is 2.94. The molecule has 0 bridgehead atoms. The summed E-state index contributed by atoms with van der Waals surface area (Å²) in [5.74, 6) is 0. The maximum Gasteiger partial charge on any atom is 0.273 e. The van der Waals surface area contributed by atoms with Crippen LogP contribution in [0.2, 0.25) is 0 Å². The van der Waals surface area contributed by atoms with E-state index in [1.54, 1.807) is 12.5 Å². The van der Waals surface area contributed by atoms with Crippen LogP contribution >= 0.6 is 10.9 Å². The lowest BCUT2D eigenvalue weighted by molar-refractivity contribution is 0.127. The van der Waals surface area contributed by atoms with Crippen molar-refractivity contribution in [1.29, 1.82) is 0 Å². The third kappa shape index (κ3) is 2.85. The second-order valence-corrected chi connectivity index (χ2v) is 4.31. The number of halogens is 2. The fraction of sp³-hybridized carbons (Fsp3) is 1.00. The van der Waals surface area contributed by atoms with Crippen LogP contribution in [0.4, 0.5) is 8.78 Å². The summed E-state index contributed by atoms with van der Waals surface area (Å²) in [7, 11) is -1.07. The van der Waals surface area contributed by atoms with Crippen LogP contribution in [0.5, 0.6) is 0 Å². The van der Waals surface area contributed by atoms with Gasteiger partial charge in [0.15, 0.2) is 0 Å². The summed E-state index contributed by atoms with van der Waals surface area (Å²) >= 11 is 0. The molecule has 0 spiro atoms. The highest BCUT2D eigenvalue weighted by Gasteiger charge is 2.22. The molecule has 7 heavy (non-hydrogen) atoms. The van der Waals surface area contributed by atoms with Gasteiger partial charge in [0.1, 0.15) is 0 Å². The summed E-state index contributed by atoms with van der Waals surface area (Å²) in [4.78, 5) is 0. The Morgan fingerprint density at radius 1 is 1.29 bits per heavy atom. The highest BCUT2D eigenvalue weighted by atomic mass is 32.2. The third-order valence-electron chi connectivity index (χ3n) is 0.785. The van der Waals surface area contributed by atoms with E-state index < -0.39 is 16.1 Å². The maximum absolute atomic E-state index is 11.9. The highest BCUT2D eigenvalue weighted by Crippen LogP contribution is 2.36. The second-order valence-electron chi connectivity index (χ2n) is 1.74. The zero-order valence-electron chi connectivity index (χ0n) is 4.70. The van der Waals surface area contributed by atoms with E-state index in [9.17, 15) is 8.78 Å². The Hall–Kier alpha value is 0.210. The first-order valence-corrected chi connectivity index (χ1v) is 4.23. The molecule has 0 aliphatic heterocycles. The van der Waals surface area contributed by atoms with Crippen molar-refractivity contribution >= 4 is 10.9 Å². The van der Waals surface area contributed by atoms with Gasteiger partial charge in [0.05, 0.1) is 0 Å². The van der Waals surface area contributed by atoms with Crippen LogP contribution in [0.3, 0.4) is 0 Å². The predicted molar refractivity (Wildman–Crippen MR) is 31.5 cm³/mol. The van der Waals surface area contributed by atoms with E-state index in [1.807, 2.05) is 0 Å². The number of rotatable bonds is 1. The SMILES string of the molecule is C[SH](C)C(C)(F)F. The minimum atomic E-state index is -2.44. The molecule has 0 unspecified atom stereocenters. The van der Waals surface area contributed by atoms with Gasteiger partial charge in [0.25, 0.3) is 5.25 Å². The van der Waals surface area contributed by atoms with Gasteiger partial charge in [-0.2, -0.15) is 19.7 Å². The van der Waals surface area contributed by atoms with Crippen LogP contribution in [-0.2, 0) is 0 Å². The lowest BCUT2D eigenvalue weighted by atomic mass is 10.9. The Morgan fingerprint density at radius 3 is 1.43 bits per heavy atom. The van der Waals surface area contributed by atoms with Crippen molar-refractivity contribution in [1.82, 2.24) is 0 Å². The quantitative estimate of drug-likeness (QED) is 0.512. The zero-order valence-corrected chi connectivity index (χ0v) is 5.60. The van der Waals surface area contributed by atoms with E-state index in [-0.39, 0.29) is 0 Å². The second kappa shape index (κ2) is 1.99. The lowest BCUT2D eigenvalue weighted by Gasteiger charge is -2.17. The molecule has 0 fully saturated rings. The molecule has 0 amide bonds. The van der Waals surface area contributed by atoms with E-state index in [0.29, 0.717) is 0 Å². The summed E-state index contributed by atoms with van der Waals surface area (Å²) < 4.78 is 23.7. The normalized spacial score (nSPS) is 14.1. The molecule has 3 heteroatoms. The van der Waals surface area contributed by atoms with Gasteiger partial charge in [-0.1, -0.05) is 0 Å². The van der Waals surface area contributed by atoms with Crippen LogP contribution in [0, 0.1) is 0 Å². The van der Waals surface area contributed by atoms with E-state index in [1.165, 1.54) is 0 Å². The van der Waals surface area contributed by atoms with Gasteiger partial charge in [0.2, 0.25) is 0 Å². The van der Waals surface area contributed by atoms with Gasteiger partial charge >= 0.3 is 0 Å². The van der Waals surface area contributed by atoms with Crippen molar-refractivity contribution in [3.05, 3.63) is 0 Å². The maximum atomic E-state index is 11.9. The molecule has 0 aliphatic rings. The fourth-order valence-corrected chi connectivity index (χ4v) is 0. The van der Waals surface area contributed by atoms with Crippen LogP contribution in [0.15, 0.2) is 0 Å². The molecule has 0 aromatic heterocycles. The molecule has 46 valence electrons. The Balaban J connectivity index is 3.54. The monoisotopic (exact) mass is 128 g/mol. The minimum Gasteiger partial charge on any atom is -0.197 e. The van der Waals surface area contributed by atoms with Crippen molar-refractivity contribution in [3.63, 3.8) is 0 Å². The van der Waals surface area contributed by atoms with Gasteiger partial charge in [-0.05, 0) is 12.5 Å². The lowest BCUT2D eigenvalue weighted by Crippen LogP contribution is -2.07. The summed E-state index contributed by atoms with van der Waals surface area (Å²) in [6, 6.07) is 0. The van der Waals surface area contributed by atoms with E-state index in [4.69, 9.17) is 0 Å². The molecule has 0 N–H and O–H groups in total.